The van der Waals surface area contributed by atoms with Crippen molar-refractivity contribution in [2.24, 2.45) is 0 Å². The first-order valence-corrected chi connectivity index (χ1v) is 12.2. The average molecular weight is 521 g/mol. The van der Waals surface area contributed by atoms with Crippen LogP contribution in [-0.2, 0) is 22.4 Å². The lowest BCUT2D eigenvalue weighted by atomic mass is 9.98. The van der Waals surface area contributed by atoms with Gasteiger partial charge in [0.1, 0.15) is 11.6 Å². The third-order valence-corrected chi connectivity index (χ3v) is 6.12. The Kier molecular flexibility index (Phi) is 9.51. The zero-order valence-electron chi connectivity index (χ0n) is 21.1. The minimum Gasteiger partial charge on any atom is -0.495 e. The fourth-order valence-corrected chi connectivity index (χ4v) is 3.99. The average Bonchev–Trinajstić information content (AvgIpc) is 2.91. The van der Waals surface area contributed by atoms with Crippen molar-refractivity contribution >= 4 is 34.9 Å². The van der Waals surface area contributed by atoms with E-state index in [-0.39, 0.29) is 12.3 Å². The second-order valence-corrected chi connectivity index (χ2v) is 8.53. The van der Waals surface area contributed by atoms with Gasteiger partial charge >= 0.3 is 0 Å². The molecule has 0 bridgehead atoms. The molecule has 0 aliphatic carbocycles. The van der Waals surface area contributed by atoms with Crippen LogP contribution in [0.5, 0.6) is 5.75 Å². The molecule has 3 aromatic rings. The lowest BCUT2D eigenvalue weighted by Crippen LogP contribution is -2.36. The minimum atomic E-state index is -0.558. The van der Waals surface area contributed by atoms with E-state index >= 15 is 0 Å². The molecule has 37 heavy (non-hydrogen) atoms. The number of carbonyl (C=O) groups is 3. The third kappa shape index (κ3) is 6.80. The van der Waals surface area contributed by atoms with E-state index in [1.807, 2.05) is 19.9 Å². The first kappa shape index (κ1) is 27.5. The van der Waals surface area contributed by atoms with Gasteiger partial charge in [-0.25, -0.2) is 9.97 Å². The number of hydrogen-bond donors (Lipinski definition) is 1. The largest absolute Gasteiger partial charge is 0.495 e. The molecule has 3 rings (SSSR count). The van der Waals surface area contributed by atoms with Crippen molar-refractivity contribution < 1.29 is 19.1 Å². The summed E-state index contributed by atoms with van der Waals surface area (Å²) >= 11 is 6.42. The predicted octanol–water partition coefficient (Wildman–Crippen LogP) is 4.50. The molecule has 2 aromatic carbocycles. The summed E-state index contributed by atoms with van der Waals surface area (Å²) in [4.78, 5) is 47.9. The molecular weight excluding hydrogens is 492 g/mol. The van der Waals surface area contributed by atoms with Gasteiger partial charge < -0.3 is 15.0 Å². The maximum Gasteiger partial charge on any atom is 0.294 e. The van der Waals surface area contributed by atoms with Gasteiger partial charge in [-0.05, 0) is 43.2 Å². The molecule has 0 unspecified atom stereocenters. The molecule has 0 aliphatic heterocycles. The Balaban J connectivity index is 1.87. The molecular formula is C28H29ClN4O4. The molecule has 0 saturated carbocycles. The van der Waals surface area contributed by atoms with Crippen molar-refractivity contribution in [1.29, 1.82) is 0 Å². The summed E-state index contributed by atoms with van der Waals surface area (Å²) in [6, 6.07) is 12.4. The second-order valence-electron chi connectivity index (χ2n) is 8.13. The van der Waals surface area contributed by atoms with Crippen LogP contribution in [0.15, 0.2) is 61.3 Å². The van der Waals surface area contributed by atoms with E-state index in [9.17, 15) is 14.4 Å². The van der Waals surface area contributed by atoms with Gasteiger partial charge in [0.2, 0.25) is 5.91 Å². The van der Waals surface area contributed by atoms with E-state index in [0.717, 1.165) is 5.56 Å². The first-order chi connectivity index (χ1) is 17.8. The summed E-state index contributed by atoms with van der Waals surface area (Å²) in [5, 5.41) is 3.08. The predicted molar refractivity (Wildman–Crippen MR) is 143 cm³/mol. The summed E-state index contributed by atoms with van der Waals surface area (Å²) in [6.45, 7) is 8.05. The second kappa shape index (κ2) is 12.8. The van der Waals surface area contributed by atoms with E-state index < -0.39 is 11.7 Å². The number of nitrogens with zero attached hydrogens (tertiary/aromatic N) is 3. The van der Waals surface area contributed by atoms with Gasteiger partial charge in [0.15, 0.2) is 0 Å². The number of carbonyl (C=O) groups excluding carboxylic acids is 3. The van der Waals surface area contributed by atoms with Crippen LogP contribution >= 0.6 is 11.6 Å². The van der Waals surface area contributed by atoms with Gasteiger partial charge in [-0.1, -0.05) is 48.5 Å². The molecule has 9 heteroatoms. The summed E-state index contributed by atoms with van der Waals surface area (Å²) in [7, 11) is 1.52. The molecule has 2 amide bonds. The number of halogens is 1. The number of rotatable bonds is 11. The number of Topliss-reactive ketones (excluding diaryl/α,β-unsaturated/α-hetero) is 1. The Labute approximate surface area is 221 Å². The quantitative estimate of drug-likeness (QED) is 0.227. The van der Waals surface area contributed by atoms with Crippen LogP contribution in [0.4, 0.5) is 5.69 Å². The standard InChI is InChI=1S/C28H29ClN4O4/c1-5-26(34)32-23-14-18(12-13-24(23)37-4)15-25-30-17-21(29)22(31-25)16-19-10-8-9-11-20(19)27(35)28(36)33(6-2)7-3/h5,8-14,17H,1,6-7,15-16H2,2-4H3,(H,32,34). The molecule has 0 saturated heterocycles. The lowest BCUT2D eigenvalue weighted by Gasteiger charge is -2.18. The number of amides is 2. The molecule has 1 aromatic heterocycles. The SMILES string of the molecule is C=CC(=O)Nc1cc(Cc2ncc(Cl)c(Cc3ccccc3C(=O)C(=O)N(CC)CC)n2)ccc1OC. The number of likely N-dealkylation sites (N-methyl/N-ethyl adjacent to an activating group) is 1. The zero-order valence-corrected chi connectivity index (χ0v) is 21.8. The van der Waals surface area contributed by atoms with Gasteiger partial charge in [0.25, 0.3) is 11.7 Å². The number of ether oxygens (including phenoxy) is 1. The van der Waals surface area contributed by atoms with Gasteiger partial charge in [-0.15, -0.1) is 0 Å². The van der Waals surface area contributed by atoms with Crippen LogP contribution in [0.3, 0.4) is 0 Å². The van der Waals surface area contributed by atoms with Gasteiger partial charge in [0, 0.05) is 37.7 Å². The first-order valence-electron chi connectivity index (χ1n) is 11.8. The van der Waals surface area contributed by atoms with Crippen LogP contribution in [0.25, 0.3) is 0 Å². The molecule has 0 aliphatic rings. The van der Waals surface area contributed by atoms with Crippen molar-refractivity contribution in [2.45, 2.75) is 26.7 Å². The molecule has 0 fully saturated rings. The summed E-state index contributed by atoms with van der Waals surface area (Å²) in [5.74, 6) is -0.429. The Hall–Kier alpha value is -4.04. The van der Waals surface area contributed by atoms with Crippen LogP contribution in [0.1, 0.15) is 46.9 Å². The maximum atomic E-state index is 13.0. The highest BCUT2D eigenvalue weighted by Crippen LogP contribution is 2.27. The van der Waals surface area contributed by atoms with Gasteiger partial charge in [0.05, 0.1) is 23.5 Å². The summed E-state index contributed by atoms with van der Waals surface area (Å²) < 4.78 is 5.32. The molecule has 0 radical (unpaired) electrons. The Bertz CT molecular complexity index is 1320. The number of hydrogen-bond acceptors (Lipinski definition) is 6. The molecule has 0 atom stereocenters. The number of methoxy groups -OCH3 is 1. The highest BCUT2D eigenvalue weighted by Gasteiger charge is 2.24. The summed E-state index contributed by atoms with van der Waals surface area (Å²) in [5.41, 5.74) is 2.86. The molecule has 192 valence electrons. The normalized spacial score (nSPS) is 10.5. The van der Waals surface area contributed by atoms with Crippen LogP contribution < -0.4 is 10.1 Å². The van der Waals surface area contributed by atoms with E-state index in [1.165, 1.54) is 24.3 Å². The highest BCUT2D eigenvalue weighted by atomic mass is 35.5. The molecule has 1 N–H and O–H groups in total. The van der Waals surface area contributed by atoms with Crippen molar-refractivity contribution in [2.75, 3.05) is 25.5 Å². The third-order valence-electron chi connectivity index (χ3n) is 5.80. The minimum absolute atomic E-state index is 0.255. The summed E-state index contributed by atoms with van der Waals surface area (Å²) in [6.07, 6.45) is 3.32. The van der Waals surface area contributed by atoms with Gasteiger partial charge in [-0.3, -0.25) is 14.4 Å². The number of anilines is 1. The molecule has 1 heterocycles. The fraction of sp³-hybridized carbons (Fsp3) is 0.250. The topological polar surface area (TPSA) is 101 Å². The van der Waals surface area contributed by atoms with Gasteiger partial charge in [-0.2, -0.15) is 0 Å². The smallest absolute Gasteiger partial charge is 0.294 e. The van der Waals surface area contributed by atoms with E-state index in [0.29, 0.717) is 58.6 Å². The van der Waals surface area contributed by atoms with Crippen molar-refractivity contribution in [3.05, 3.63) is 94.5 Å². The van der Waals surface area contributed by atoms with Crippen LogP contribution in [-0.4, -0.2) is 52.7 Å². The zero-order chi connectivity index (χ0) is 26.9. The van der Waals surface area contributed by atoms with Crippen molar-refractivity contribution in [1.82, 2.24) is 14.9 Å². The molecule has 8 nitrogen and oxygen atoms in total. The van der Waals surface area contributed by atoms with Crippen molar-refractivity contribution in [3.8, 4) is 5.75 Å². The Morgan fingerprint density at radius 1 is 1.11 bits per heavy atom. The number of aromatic nitrogens is 2. The lowest BCUT2D eigenvalue weighted by molar-refractivity contribution is -0.126. The Morgan fingerprint density at radius 3 is 2.51 bits per heavy atom. The molecule has 0 spiro atoms. The van der Waals surface area contributed by atoms with Crippen LogP contribution in [0.2, 0.25) is 5.02 Å². The van der Waals surface area contributed by atoms with E-state index in [4.69, 9.17) is 16.3 Å². The monoisotopic (exact) mass is 520 g/mol. The Morgan fingerprint density at radius 2 is 1.84 bits per heavy atom. The number of ketones is 1. The maximum absolute atomic E-state index is 13.0. The van der Waals surface area contributed by atoms with E-state index in [2.05, 4.69) is 21.9 Å². The fourth-order valence-electron chi connectivity index (χ4n) is 3.83. The number of benzene rings is 2. The van der Waals surface area contributed by atoms with Crippen LogP contribution in [0, 0.1) is 0 Å². The highest BCUT2D eigenvalue weighted by molar-refractivity contribution is 6.43. The van der Waals surface area contributed by atoms with Crippen molar-refractivity contribution in [3.63, 3.8) is 0 Å². The number of nitrogens with one attached hydrogen (secondary N) is 1. The van der Waals surface area contributed by atoms with E-state index in [1.54, 1.807) is 36.4 Å².